The fraction of sp³-hybridized carbons (Fsp3) is 0.462. The van der Waals surface area contributed by atoms with Gasteiger partial charge < -0.3 is 24.7 Å². The molecule has 2 aromatic rings. The highest BCUT2D eigenvalue weighted by Crippen LogP contribution is 2.33. The minimum atomic E-state index is -0.589. The largest absolute Gasteiger partial charge is 0.438 e. The molecule has 0 aromatic carbocycles. The Morgan fingerprint density at radius 2 is 2.12 bits per heavy atom. The van der Waals surface area contributed by atoms with Crippen molar-refractivity contribution >= 4 is 28.3 Å². The number of carbonyl (C=O) groups excluding carboxylic acids is 2. The molecule has 24 heavy (non-hydrogen) atoms. The lowest BCUT2D eigenvalue weighted by Crippen LogP contribution is -2.71. The first-order chi connectivity index (χ1) is 11.6. The molecular formula is C13H14N6O4S. The third kappa shape index (κ3) is 2.51. The molecule has 2 N–H and O–H groups in total. The maximum absolute atomic E-state index is 12.2. The summed E-state index contributed by atoms with van der Waals surface area (Å²) in [5.41, 5.74) is 4.77. The molecule has 0 aliphatic carbocycles. The quantitative estimate of drug-likeness (QED) is 0.774. The van der Waals surface area contributed by atoms with Crippen molar-refractivity contribution < 1.29 is 18.7 Å². The summed E-state index contributed by atoms with van der Waals surface area (Å²) in [6.45, 7) is 2.65. The van der Waals surface area contributed by atoms with E-state index >= 15 is 0 Å². The fourth-order valence-electron chi connectivity index (χ4n) is 2.91. The average molecular weight is 350 g/mol. The Bertz CT molecular complexity index is 769. The molecule has 0 atom stereocenters. The highest BCUT2D eigenvalue weighted by molar-refractivity contribution is 7.17. The van der Waals surface area contributed by atoms with Crippen molar-refractivity contribution in [2.24, 2.45) is 5.73 Å². The molecule has 11 heteroatoms. The summed E-state index contributed by atoms with van der Waals surface area (Å²) in [4.78, 5) is 30.8. The Balaban J connectivity index is 1.42. The van der Waals surface area contributed by atoms with Crippen LogP contribution in [0.3, 0.4) is 0 Å². The maximum Gasteiger partial charge on any atom is 0.291 e. The highest BCUT2D eigenvalue weighted by atomic mass is 32.1. The lowest BCUT2D eigenvalue weighted by atomic mass is 9.91. The van der Waals surface area contributed by atoms with Gasteiger partial charge in [-0.3, -0.25) is 9.59 Å². The molecule has 2 amide bonds. The van der Waals surface area contributed by atoms with Gasteiger partial charge in [0, 0.05) is 6.54 Å². The number of morpholine rings is 1. The fourth-order valence-corrected chi connectivity index (χ4v) is 3.63. The van der Waals surface area contributed by atoms with Crippen molar-refractivity contribution in [3.05, 3.63) is 23.4 Å². The lowest BCUT2D eigenvalue weighted by Gasteiger charge is -2.53. The number of aromatic nitrogens is 3. The van der Waals surface area contributed by atoms with Crippen LogP contribution in [0.1, 0.15) is 20.4 Å². The van der Waals surface area contributed by atoms with Crippen LogP contribution in [0.4, 0.5) is 5.13 Å². The minimum absolute atomic E-state index is 0.182. The molecular weight excluding hydrogens is 336 g/mol. The van der Waals surface area contributed by atoms with E-state index in [1.807, 2.05) is 4.90 Å². The van der Waals surface area contributed by atoms with Gasteiger partial charge in [-0.2, -0.15) is 0 Å². The number of ether oxygens (including phenoxy) is 1. The van der Waals surface area contributed by atoms with E-state index < -0.39 is 11.5 Å². The second-order valence-corrected chi connectivity index (χ2v) is 6.69. The SMILES string of the molecule is NC(=O)c1nnc(N2CCOC3(CN(C(=O)c4cnco4)C3)C2)s1. The smallest absolute Gasteiger partial charge is 0.291 e. The first kappa shape index (κ1) is 15.0. The number of anilines is 1. The second kappa shape index (κ2) is 5.53. The first-order valence-electron chi connectivity index (χ1n) is 7.26. The summed E-state index contributed by atoms with van der Waals surface area (Å²) in [5.74, 6) is -0.576. The predicted octanol–water partition coefficient (Wildman–Crippen LogP) is -0.644. The van der Waals surface area contributed by atoms with Gasteiger partial charge in [-0.15, -0.1) is 10.2 Å². The van der Waals surface area contributed by atoms with Gasteiger partial charge in [0.1, 0.15) is 5.60 Å². The Morgan fingerprint density at radius 1 is 1.29 bits per heavy atom. The monoisotopic (exact) mass is 350 g/mol. The molecule has 0 saturated carbocycles. The summed E-state index contributed by atoms with van der Waals surface area (Å²) in [6.07, 6.45) is 2.63. The zero-order valence-electron chi connectivity index (χ0n) is 12.5. The molecule has 0 radical (unpaired) electrons. The van der Waals surface area contributed by atoms with E-state index in [1.165, 1.54) is 12.6 Å². The summed E-state index contributed by atoms with van der Waals surface area (Å²) >= 11 is 1.16. The van der Waals surface area contributed by atoms with Crippen molar-refractivity contribution in [3.63, 3.8) is 0 Å². The van der Waals surface area contributed by atoms with Gasteiger partial charge in [0.15, 0.2) is 6.39 Å². The molecule has 4 rings (SSSR count). The number of rotatable bonds is 3. The standard InChI is InChI=1S/C13H14N6O4S/c14-9(20)10-16-17-12(24-10)18-1-2-23-13(4-18)5-19(6-13)11(21)8-3-15-7-22-8/h3,7H,1-2,4-6H2,(H2,14,20). The Labute approximate surface area is 140 Å². The van der Waals surface area contributed by atoms with E-state index in [9.17, 15) is 9.59 Å². The van der Waals surface area contributed by atoms with E-state index in [0.29, 0.717) is 37.9 Å². The van der Waals surface area contributed by atoms with Crippen molar-refractivity contribution in [1.29, 1.82) is 0 Å². The topological polar surface area (TPSA) is 128 Å². The number of amides is 2. The van der Waals surface area contributed by atoms with E-state index in [-0.39, 0.29) is 16.7 Å². The first-order valence-corrected chi connectivity index (χ1v) is 8.08. The number of nitrogens with two attached hydrogens (primary N) is 1. The number of oxazole rings is 1. The molecule has 2 aromatic heterocycles. The number of primary amides is 1. The molecule has 2 saturated heterocycles. The molecule has 4 heterocycles. The highest BCUT2D eigenvalue weighted by Gasteiger charge is 2.50. The van der Waals surface area contributed by atoms with Crippen molar-refractivity contribution in [1.82, 2.24) is 20.1 Å². The number of carbonyl (C=O) groups is 2. The molecule has 2 aliphatic heterocycles. The second-order valence-electron chi connectivity index (χ2n) is 5.73. The van der Waals surface area contributed by atoms with Gasteiger partial charge in [-0.1, -0.05) is 11.3 Å². The summed E-state index contributed by atoms with van der Waals surface area (Å²) in [5, 5.41) is 8.61. The number of hydrogen-bond acceptors (Lipinski definition) is 9. The Kier molecular flexibility index (Phi) is 3.46. The van der Waals surface area contributed by atoms with Crippen molar-refractivity contribution in [3.8, 4) is 0 Å². The molecule has 0 bridgehead atoms. The molecule has 1 spiro atoms. The van der Waals surface area contributed by atoms with Gasteiger partial charge >= 0.3 is 0 Å². The minimum Gasteiger partial charge on any atom is -0.438 e. The van der Waals surface area contributed by atoms with Gasteiger partial charge in [0.05, 0.1) is 32.4 Å². The molecule has 2 fully saturated rings. The zero-order valence-corrected chi connectivity index (χ0v) is 13.4. The van der Waals surface area contributed by atoms with Crippen LogP contribution in [-0.4, -0.2) is 70.3 Å². The van der Waals surface area contributed by atoms with Crippen LogP contribution in [0.5, 0.6) is 0 Å². The Hall–Kier alpha value is -2.53. The average Bonchev–Trinajstić information content (AvgIpc) is 3.23. The lowest BCUT2D eigenvalue weighted by molar-refractivity contribution is -0.135. The van der Waals surface area contributed by atoms with Gasteiger partial charge in [-0.25, -0.2) is 4.98 Å². The van der Waals surface area contributed by atoms with Crippen LogP contribution in [-0.2, 0) is 4.74 Å². The number of likely N-dealkylation sites (tertiary alicyclic amines) is 1. The van der Waals surface area contributed by atoms with Gasteiger partial charge in [-0.05, 0) is 0 Å². The van der Waals surface area contributed by atoms with E-state index in [0.717, 1.165) is 11.3 Å². The maximum atomic E-state index is 12.2. The predicted molar refractivity (Wildman–Crippen MR) is 81.7 cm³/mol. The summed E-state index contributed by atoms with van der Waals surface area (Å²) in [6, 6.07) is 0. The third-order valence-corrected chi connectivity index (χ3v) is 5.03. The van der Waals surface area contributed by atoms with Crippen LogP contribution in [0, 0.1) is 0 Å². The van der Waals surface area contributed by atoms with Crippen LogP contribution in [0.15, 0.2) is 17.0 Å². The summed E-state index contributed by atoms with van der Waals surface area (Å²) < 4.78 is 10.9. The van der Waals surface area contributed by atoms with Crippen LogP contribution in [0.2, 0.25) is 0 Å². The van der Waals surface area contributed by atoms with E-state index in [1.54, 1.807) is 4.90 Å². The number of nitrogens with zero attached hydrogens (tertiary/aromatic N) is 5. The molecule has 0 unspecified atom stereocenters. The molecule has 2 aliphatic rings. The van der Waals surface area contributed by atoms with Gasteiger partial charge in [0.2, 0.25) is 15.9 Å². The molecule has 10 nitrogen and oxygen atoms in total. The number of hydrogen-bond donors (Lipinski definition) is 1. The van der Waals surface area contributed by atoms with Crippen LogP contribution in [0.25, 0.3) is 0 Å². The van der Waals surface area contributed by atoms with Crippen LogP contribution < -0.4 is 10.6 Å². The van der Waals surface area contributed by atoms with Crippen molar-refractivity contribution in [2.75, 3.05) is 37.7 Å². The normalized spacial score (nSPS) is 19.3. The third-order valence-electron chi connectivity index (χ3n) is 4.03. The van der Waals surface area contributed by atoms with E-state index in [4.69, 9.17) is 14.9 Å². The zero-order chi connectivity index (χ0) is 16.7. The van der Waals surface area contributed by atoms with Crippen LogP contribution >= 0.6 is 11.3 Å². The van der Waals surface area contributed by atoms with Crippen molar-refractivity contribution in [2.45, 2.75) is 5.60 Å². The summed E-state index contributed by atoms with van der Waals surface area (Å²) in [7, 11) is 0. The Morgan fingerprint density at radius 3 is 2.79 bits per heavy atom. The van der Waals surface area contributed by atoms with Gasteiger partial charge in [0.25, 0.3) is 11.8 Å². The van der Waals surface area contributed by atoms with E-state index in [2.05, 4.69) is 15.2 Å². The molecule has 126 valence electrons.